The third-order valence-corrected chi connectivity index (χ3v) is 6.06. The van der Waals surface area contributed by atoms with Crippen molar-refractivity contribution in [2.75, 3.05) is 11.5 Å². The van der Waals surface area contributed by atoms with Crippen LogP contribution in [0.15, 0.2) is 0 Å². The largest absolute Gasteiger partial charge is 0.555 e. The third-order valence-electron chi connectivity index (χ3n) is 1.19. The first-order chi connectivity index (χ1) is 4.31. The van der Waals surface area contributed by atoms with E-state index in [2.05, 4.69) is 0 Å². The van der Waals surface area contributed by atoms with Gasteiger partial charge in [-0.1, -0.05) is 9.62 Å². The van der Waals surface area contributed by atoms with Gasteiger partial charge < -0.3 is 0 Å². The Labute approximate surface area is 58.2 Å². The van der Waals surface area contributed by atoms with Gasteiger partial charge in [-0.25, -0.2) is 0 Å². The maximum absolute atomic E-state index is 10.2. The lowest BCUT2D eigenvalue weighted by Gasteiger charge is -2.42. The zero-order valence-corrected chi connectivity index (χ0v) is 6.30. The molecule has 0 aliphatic carbocycles. The lowest BCUT2D eigenvalue weighted by Crippen LogP contribution is -2.24. The molecular weight excluding hydrogens is 160 g/mol. The summed E-state index contributed by atoms with van der Waals surface area (Å²) in [6, 6.07) is 0. The van der Waals surface area contributed by atoms with E-state index in [0.717, 1.165) is 17.9 Å². The molecule has 0 unspecified atom stereocenters. The van der Waals surface area contributed by atoms with Crippen LogP contribution in [0.1, 0.15) is 6.42 Å². The molecule has 1 spiro atoms. The van der Waals surface area contributed by atoms with E-state index in [4.69, 9.17) is 8.37 Å². The van der Waals surface area contributed by atoms with Crippen molar-refractivity contribution in [2.24, 2.45) is 0 Å². The molecule has 3 nitrogen and oxygen atoms in total. The third kappa shape index (κ3) is 0.789. The summed E-state index contributed by atoms with van der Waals surface area (Å²) < 4.78 is 9.75. The minimum absolute atomic E-state index is 0.487. The maximum Gasteiger partial charge on any atom is 0.555 e. The second-order valence-corrected chi connectivity index (χ2v) is 6.59. The van der Waals surface area contributed by atoms with Gasteiger partial charge in [-0.2, -0.15) is 4.79 Å². The predicted molar refractivity (Wildman–Crippen MR) is 37.1 cm³/mol. The van der Waals surface area contributed by atoms with Crippen molar-refractivity contribution in [2.45, 2.75) is 6.42 Å². The summed E-state index contributed by atoms with van der Waals surface area (Å²) in [6.07, 6.45) is 0.632. The van der Waals surface area contributed by atoms with Crippen LogP contribution in [0.5, 0.6) is 0 Å². The van der Waals surface area contributed by atoms with Crippen LogP contribution >= 0.6 is 20.4 Å². The summed E-state index contributed by atoms with van der Waals surface area (Å²) in [7, 11) is 0.310. The summed E-state index contributed by atoms with van der Waals surface area (Å²) in [4.78, 5) is 10.2. The standard InChI is InChI=1S/C4H6O3S2/c5-4-6-9(7-4)3-1-2-8-9/h1-3H2. The van der Waals surface area contributed by atoms with Gasteiger partial charge in [0.15, 0.2) is 0 Å². The molecule has 2 fully saturated rings. The smallest absolute Gasteiger partial charge is 0.299 e. The molecule has 52 valence electrons. The molecule has 2 saturated heterocycles. The first-order valence-corrected chi connectivity index (χ1v) is 5.84. The van der Waals surface area contributed by atoms with Gasteiger partial charge in [0.2, 0.25) is 0 Å². The Kier molecular flexibility index (Phi) is 1.10. The van der Waals surface area contributed by atoms with Crippen molar-refractivity contribution in [3.63, 3.8) is 0 Å². The lowest BCUT2D eigenvalue weighted by molar-refractivity contribution is 0.127. The highest BCUT2D eigenvalue weighted by Crippen LogP contribution is 2.71. The first kappa shape index (κ1) is 5.73. The second-order valence-electron chi connectivity index (χ2n) is 1.85. The van der Waals surface area contributed by atoms with Crippen LogP contribution in [0.2, 0.25) is 0 Å². The summed E-state index contributed by atoms with van der Waals surface area (Å²) in [5.41, 5.74) is 0. The molecule has 2 aliphatic rings. The molecule has 0 radical (unpaired) electrons. The van der Waals surface area contributed by atoms with Gasteiger partial charge in [-0.05, 0) is 17.2 Å². The van der Waals surface area contributed by atoms with Crippen molar-refractivity contribution in [1.82, 2.24) is 0 Å². The molecule has 2 aliphatic heterocycles. The van der Waals surface area contributed by atoms with Crippen LogP contribution in [0.4, 0.5) is 4.79 Å². The zero-order valence-electron chi connectivity index (χ0n) is 4.66. The molecular formula is C4H6O3S2. The van der Waals surface area contributed by atoms with E-state index >= 15 is 0 Å². The Balaban J connectivity index is 2.03. The second kappa shape index (κ2) is 1.73. The molecule has 0 amide bonds. The lowest BCUT2D eigenvalue weighted by atomic mass is 10.6. The Bertz CT molecular complexity index is 142. The highest BCUT2D eigenvalue weighted by molar-refractivity contribution is 8.91. The maximum atomic E-state index is 10.2. The summed E-state index contributed by atoms with van der Waals surface area (Å²) in [5.74, 6) is 2.01. The Morgan fingerprint density at radius 2 is 2.33 bits per heavy atom. The first-order valence-electron chi connectivity index (χ1n) is 2.69. The molecule has 2 rings (SSSR count). The summed E-state index contributed by atoms with van der Waals surface area (Å²) >= 11 is 0. The number of hydrogen-bond donors (Lipinski definition) is 0. The van der Waals surface area contributed by atoms with E-state index in [1.54, 1.807) is 10.8 Å². The predicted octanol–water partition coefficient (Wildman–Crippen LogP) is 1.84. The van der Waals surface area contributed by atoms with Crippen LogP contribution in [0, 0.1) is 0 Å². The van der Waals surface area contributed by atoms with Gasteiger partial charge in [0, 0.05) is 5.75 Å². The van der Waals surface area contributed by atoms with Crippen LogP contribution in [-0.2, 0) is 8.37 Å². The van der Waals surface area contributed by atoms with Crippen molar-refractivity contribution >= 4 is 26.6 Å². The van der Waals surface area contributed by atoms with Gasteiger partial charge in [0.05, 0.1) is 5.75 Å². The average Bonchev–Trinajstić information content (AvgIpc) is 2.12. The van der Waals surface area contributed by atoms with Gasteiger partial charge in [-0.15, -0.1) is 0 Å². The van der Waals surface area contributed by atoms with E-state index in [9.17, 15) is 4.79 Å². The minimum atomic E-state index is -1.34. The fraction of sp³-hybridized carbons (Fsp3) is 0.750. The highest BCUT2D eigenvalue weighted by atomic mass is 33.2. The molecule has 9 heavy (non-hydrogen) atoms. The van der Waals surface area contributed by atoms with Crippen LogP contribution in [-0.4, -0.2) is 17.7 Å². The number of carbonyl (C=O) groups excluding carboxylic acids is 1. The molecule has 0 aromatic rings. The zero-order chi connectivity index (χ0) is 6.32. The molecule has 5 heteroatoms. The molecule has 0 bridgehead atoms. The summed E-state index contributed by atoms with van der Waals surface area (Å²) in [6.45, 7) is 0. The normalized spacial score (nSPS) is 32.7. The number of carbonyl (C=O) groups is 1. The number of rotatable bonds is 0. The Hall–Kier alpha value is -0.0300. The van der Waals surface area contributed by atoms with E-state index in [1.165, 1.54) is 0 Å². The molecule has 0 N–H and O–H groups in total. The van der Waals surface area contributed by atoms with Gasteiger partial charge >= 0.3 is 6.16 Å². The van der Waals surface area contributed by atoms with Crippen LogP contribution in [0.3, 0.4) is 0 Å². The highest BCUT2D eigenvalue weighted by Gasteiger charge is 2.43. The van der Waals surface area contributed by atoms with E-state index < -0.39 is 15.8 Å². The monoisotopic (exact) mass is 166 g/mol. The molecule has 0 aromatic heterocycles. The van der Waals surface area contributed by atoms with Crippen LogP contribution in [0.25, 0.3) is 0 Å². The van der Waals surface area contributed by atoms with Crippen molar-refractivity contribution in [3.8, 4) is 0 Å². The SMILES string of the molecule is O=C1OS2(CCCS2)O1. The molecule has 0 atom stereocenters. The fourth-order valence-corrected chi connectivity index (χ4v) is 5.27. The molecule has 0 saturated carbocycles. The van der Waals surface area contributed by atoms with Gasteiger partial charge in [-0.3, -0.25) is 8.37 Å². The minimum Gasteiger partial charge on any atom is -0.299 e. The van der Waals surface area contributed by atoms with E-state index in [1.807, 2.05) is 0 Å². The topological polar surface area (TPSA) is 35.5 Å². The van der Waals surface area contributed by atoms with Crippen molar-refractivity contribution in [1.29, 1.82) is 0 Å². The van der Waals surface area contributed by atoms with E-state index in [0.29, 0.717) is 0 Å². The van der Waals surface area contributed by atoms with Crippen molar-refractivity contribution < 1.29 is 13.2 Å². The van der Waals surface area contributed by atoms with E-state index in [-0.39, 0.29) is 0 Å². The number of hydrogen-bond acceptors (Lipinski definition) is 4. The molecule has 2 heterocycles. The van der Waals surface area contributed by atoms with Crippen LogP contribution < -0.4 is 0 Å². The Morgan fingerprint density at radius 3 is 2.78 bits per heavy atom. The summed E-state index contributed by atoms with van der Waals surface area (Å²) in [5, 5.41) is 0. The van der Waals surface area contributed by atoms with Gasteiger partial charge in [0.25, 0.3) is 0 Å². The quantitative estimate of drug-likeness (QED) is 0.514. The fourth-order valence-electron chi connectivity index (χ4n) is 0.826. The Morgan fingerprint density at radius 1 is 1.56 bits per heavy atom. The van der Waals surface area contributed by atoms with Crippen molar-refractivity contribution in [3.05, 3.63) is 0 Å². The average molecular weight is 166 g/mol. The molecule has 0 aromatic carbocycles. The van der Waals surface area contributed by atoms with Gasteiger partial charge in [0.1, 0.15) is 0 Å².